The van der Waals surface area contributed by atoms with Crippen LogP contribution < -0.4 is 15.4 Å². The molecule has 0 saturated heterocycles. The number of nitrogens with two attached hydrogens (primary N) is 1. The molecule has 0 bridgehead atoms. The highest BCUT2D eigenvalue weighted by Crippen LogP contribution is 2.51. The van der Waals surface area contributed by atoms with Gasteiger partial charge in [-0.25, -0.2) is 8.42 Å². The molecule has 1 amide bonds. The van der Waals surface area contributed by atoms with Gasteiger partial charge in [0.15, 0.2) is 0 Å². The van der Waals surface area contributed by atoms with E-state index in [0.29, 0.717) is 25.0 Å². The van der Waals surface area contributed by atoms with Crippen LogP contribution in [0.3, 0.4) is 0 Å². The number of hydrogen-bond donors (Lipinski definition) is 3. The van der Waals surface area contributed by atoms with Crippen molar-refractivity contribution in [3.63, 3.8) is 0 Å². The number of benzene rings is 2. The molecule has 7 nitrogen and oxygen atoms in total. The lowest BCUT2D eigenvalue weighted by Gasteiger charge is -2.39. The van der Waals surface area contributed by atoms with Gasteiger partial charge in [-0.3, -0.25) is 9.10 Å². The van der Waals surface area contributed by atoms with Crippen LogP contribution in [0.4, 0.5) is 32.0 Å². The Hall–Kier alpha value is -2.84. The zero-order valence-corrected chi connectivity index (χ0v) is 22.2. The third kappa shape index (κ3) is 5.53. The molecular formula is C26H29F6N3O4S. The van der Waals surface area contributed by atoms with Gasteiger partial charge in [-0.1, -0.05) is 29.8 Å². The Bertz CT molecular complexity index is 1350. The van der Waals surface area contributed by atoms with Crippen LogP contribution in [0.25, 0.3) is 0 Å². The molecule has 1 aliphatic heterocycles. The summed E-state index contributed by atoms with van der Waals surface area (Å²) in [4.78, 5) is 12.7. The van der Waals surface area contributed by atoms with Crippen molar-refractivity contribution >= 4 is 21.6 Å². The highest BCUT2D eigenvalue weighted by molar-refractivity contribution is 7.92. The van der Waals surface area contributed by atoms with E-state index in [-0.39, 0.29) is 47.5 Å². The summed E-state index contributed by atoms with van der Waals surface area (Å²) >= 11 is 0. The van der Waals surface area contributed by atoms with Crippen LogP contribution in [0.2, 0.25) is 0 Å². The van der Waals surface area contributed by atoms with Gasteiger partial charge < -0.3 is 16.2 Å². The summed E-state index contributed by atoms with van der Waals surface area (Å²) in [6, 6.07) is 6.30. The number of alkyl halides is 6. The third-order valence-electron chi connectivity index (χ3n) is 7.47. The Labute approximate surface area is 227 Å². The van der Waals surface area contributed by atoms with Crippen LogP contribution in [-0.2, 0) is 26.8 Å². The molecule has 4 rings (SSSR count). The van der Waals surface area contributed by atoms with Gasteiger partial charge >= 0.3 is 12.4 Å². The number of carbonyl (C=O) groups is 1. The van der Waals surface area contributed by atoms with E-state index in [1.165, 1.54) is 12.1 Å². The monoisotopic (exact) mass is 593 g/mol. The summed E-state index contributed by atoms with van der Waals surface area (Å²) in [6.07, 6.45) is -10.7. The van der Waals surface area contributed by atoms with Gasteiger partial charge in [0.2, 0.25) is 5.91 Å². The predicted molar refractivity (Wildman–Crippen MR) is 134 cm³/mol. The first-order chi connectivity index (χ1) is 18.4. The number of nitrogens with zero attached hydrogens (tertiary/aromatic N) is 1. The summed E-state index contributed by atoms with van der Waals surface area (Å²) in [5.74, 6) is -0.447. The molecule has 1 fully saturated rings. The molecule has 0 aromatic heterocycles. The first-order valence-electron chi connectivity index (χ1n) is 12.6. The van der Waals surface area contributed by atoms with Crippen molar-refractivity contribution in [2.45, 2.75) is 86.4 Å². The quantitative estimate of drug-likeness (QED) is 0.435. The topological polar surface area (TPSA) is 113 Å². The van der Waals surface area contributed by atoms with E-state index in [1.807, 2.05) is 0 Å². The van der Waals surface area contributed by atoms with E-state index in [2.05, 4.69) is 5.32 Å². The largest absolute Gasteiger partial charge is 0.430 e. The van der Waals surface area contributed by atoms with E-state index in [1.54, 1.807) is 19.1 Å². The lowest BCUT2D eigenvalue weighted by atomic mass is 9.87. The van der Waals surface area contributed by atoms with Gasteiger partial charge in [0, 0.05) is 24.1 Å². The summed E-state index contributed by atoms with van der Waals surface area (Å²) in [6.45, 7) is 1.73. The minimum Gasteiger partial charge on any atom is -0.369 e. The fraction of sp³-hybridized carbons (Fsp3) is 0.500. The normalized spacial score (nSPS) is 22.2. The summed E-state index contributed by atoms with van der Waals surface area (Å²) in [7, 11) is -4.40. The summed E-state index contributed by atoms with van der Waals surface area (Å²) < 4.78 is 110. The molecule has 1 heterocycles. The first kappa shape index (κ1) is 30.1. The average Bonchev–Trinajstić information content (AvgIpc) is 3.25. The number of sulfonamides is 1. The molecule has 0 radical (unpaired) electrons. The van der Waals surface area contributed by atoms with Crippen molar-refractivity contribution in [1.82, 2.24) is 5.32 Å². The molecule has 2 aromatic carbocycles. The highest BCUT2D eigenvalue weighted by Gasteiger charge is 2.71. The molecule has 4 N–H and O–H groups in total. The molecule has 220 valence electrons. The van der Waals surface area contributed by atoms with Crippen molar-refractivity contribution < 1.29 is 44.7 Å². The number of rotatable bonds is 6. The maximum absolute atomic E-state index is 13.8. The van der Waals surface area contributed by atoms with E-state index < -0.39 is 45.5 Å². The van der Waals surface area contributed by atoms with Gasteiger partial charge in [0.05, 0.1) is 16.6 Å². The number of anilines is 1. The summed E-state index contributed by atoms with van der Waals surface area (Å²) in [5.41, 5.74) is -0.294. The van der Waals surface area contributed by atoms with Crippen LogP contribution in [0.5, 0.6) is 0 Å². The zero-order chi connectivity index (χ0) is 29.7. The number of aryl methyl sites for hydroxylation is 2. The molecular weight excluding hydrogens is 564 g/mol. The van der Waals surface area contributed by atoms with Gasteiger partial charge in [-0.05, 0) is 62.8 Å². The van der Waals surface area contributed by atoms with E-state index in [4.69, 9.17) is 5.73 Å². The molecule has 3 unspecified atom stereocenters. The van der Waals surface area contributed by atoms with Crippen molar-refractivity contribution in [3.05, 3.63) is 59.2 Å². The number of fused-ring (bicyclic) bond motifs is 1. The molecule has 1 saturated carbocycles. The maximum Gasteiger partial charge on any atom is 0.430 e. The number of halogens is 6. The zero-order valence-electron chi connectivity index (χ0n) is 21.4. The van der Waals surface area contributed by atoms with Crippen molar-refractivity contribution in [2.24, 2.45) is 5.73 Å². The first-order valence-corrected chi connectivity index (χ1v) is 14.0. The van der Waals surface area contributed by atoms with Gasteiger partial charge in [-0.2, -0.15) is 26.3 Å². The molecule has 2 aliphatic rings. The van der Waals surface area contributed by atoms with Crippen LogP contribution >= 0.6 is 0 Å². The second kappa shape index (κ2) is 10.5. The Kier molecular flexibility index (Phi) is 7.93. The Morgan fingerprint density at radius 3 is 2.20 bits per heavy atom. The molecule has 14 heteroatoms. The second-order valence-electron chi connectivity index (χ2n) is 10.4. The molecule has 2 aromatic rings. The highest BCUT2D eigenvalue weighted by atomic mass is 32.2. The minimum atomic E-state index is -6.09. The van der Waals surface area contributed by atoms with Crippen LogP contribution in [0, 0.1) is 6.92 Å². The van der Waals surface area contributed by atoms with E-state index >= 15 is 0 Å². The Morgan fingerprint density at radius 1 is 1.02 bits per heavy atom. The number of amides is 1. The average molecular weight is 594 g/mol. The molecule has 0 spiro atoms. The van der Waals surface area contributed by atoms with Crippen molar-refractivity contribution in [2.75, 3.05) is 4.31 Å². The van der Waals surface area contributed by atoms with Crippen molar-refractivity contribution in [1.29, 1.82) is 0 Å². The van der Waals surface area contributed by atoms with Gasteiger partial charge in [0.1, 0.15) is 0 Å². The standard InChI is InChI=1S/C26H29F6N3O4S/c1-15-2-9-21(10-3-15)40(38,39)35-20(14-23(36)34-19-7-6-18(33)13-19)8-4-16-12-17(5-11-22(16)35)24(37,25(27,28)29)26(30,31)32/h2-3,5,9-12,18-20,37H,4,6-8,13-14,33H2,1H3,(H,34,36). The van der Waals surface area contributed by atoms with Crippen LogP contribution in [-0.4, -0.2) is 49.9 Å². The van der Waals surface area contributed by atoms with Crippen LogP contribution in [0.15, 0.2) is 47.4 Å². The maximum atomic E-state index is 13.8. The second-order valence-corrected chi connectivity index (χ2v) is 12.2. The third-order valence-corrected chi connectivity index (χ3v) is 9.35. The number of hydrogen-bond acceptors (Lipinski definition) is 5. The number of nitrogens with one attached hydrogen (secondary N) is 1. The van der Waals surface area contributed by atoms with Gasteiger partial charge in [0.25, 0.3) is 15.6 Å². The van der Waals surface area contributed by atoms with E-state index in [0.717, 1.165) is 22.4 Å². The fourth-order valence-corrected chi connectivity index (χ4v) is 7.05. The Morgan fingerprint density at radius 2 is 1.65 bits per heavy atom. The SMILES string of the molecule is Cc1ccc(S(=O)(=O)N2c3ccc(C(O)(C(F)(F)F)C(F)(F)F)cc3CCC2CC(=O)NC2CCC(N)C2)cc1. The van der Waals surface area contributed by atoms with Gasteiger partial charge in [-0.15, -0.1) is 0 Å². The lowest BCUT2D eigenvalue weighted by Crippen LogP contribution is -2.54. The fourth-order valence-electron chi connectivity index (χ4n) is 5.33. The van der Waals surface area contributed by atoms with Crippen LogP contribution in [0.1, 0.15) is 48.8 Å². The lowest BCUT2D eigenvalue weighted by molar-refractivity contribution is -0.376. The predicted octanol–water partition coefficient (Wildman–Crippen LogP) is 4.20. The minimum absolute atomic E-state index is 0.0599. The molecule has 40 heavy (non-hydrogen) atoms. The smallest absolute Gasteiger partial charge is 0.369 e. The number of carbonyl (C=O) groups excluding carboxylic acids is 1. The number of aliphatic hydroxyl groups is 1. The summed E-state index contributed by atoms with van der Waals surface area (Å²) in [5, 5.41) is 12.7. The van der Waals surface area contributed by atoms with Crippen molar-refractivity contribution in [3.8, 4) is 0 Å². The molecule has 1 aliphatic carbocycles. The molecule has 3 atom stereocenters. The Balaban J connectivity index is 1.76. The van der Waals surface area contributed by atoms with E-state index in [9.17, 15) is 44.7 Å².